The van der Waals surface area contributed by atoms with E-state index in [1.807, 2.05) is 6.92 Å². The Balaban J connectivity index is 2.03. The molecule has 1 aliphatic heterocycles. The van der Waals surface area contributed by atoms with Gasteiger partial charge in [0.15, 0.2) is 0 Å². The zero-order valence-electron chi connectivity index (χ0n) is 14.9. The van der Waals surface area contributed by atoms with Crippen LogP contribution in [0.5, 0.6) is 0 Å². The summed E-state index contributed by atoms with van der Waals surface area (Å²) in [6.45, 7) is 7.91. The maximum absolute atomic E-state index is 12.6. The number of alkyl halides is 3. The molecule has 1 fully saturated rings. The van der Waals surface area contributed by atoms with Crippen LogP contribution in [0.1, 0.15) is 46.1 Å². The van der Waals surface area contributed by atoms with Crippen molar-refractivity contribution in [2.24, 2.45) is 0 Å². The molecule has 1 saturated heterocycles. The summed E-state index contributed by atoms with van der Waals surface area (Å²) in [6.07, 6.45) is -2.41. The van der Waals surface area contributed by atoms with Gasteiger partial charge < -0.3 is 15.0 Å². The highest BCUT2D eigenvalue weighted by Gasteiger charge is 2.34. The summed E-state index contributed by atoms with van der Waals surface area (Å²) < 4.78 is 43.2. The van der Waals surface area contributed by atoms with E-state index in [1.165, 1.54) is 6.07 Å². The van der Waals surface area contributed by atoms with E-state index in [2.05, 4.69) is 10.3 Å². The smallest absolute Gasteiger partial charge is 0.417 e. The first-order chi connectivity index (χ1) is 11.5. The molecule has 0 saturated carbocycles. The average Bonchev–Trinajstić information content (AvgIpc) is 2.47. The van der Waals surface area contributed by atoms with Crippen molar-refractivity contribution in [2.45, 2.75) is 64.4 Å². The Morgan fingerprint density at radius 2 is 2.00 bits per heavy atom. The Hall–Kier alpha value is -1.99. The molecule has 2 rings (SSSR count). The number of hydrogen-bond donors (Lipinski definition) is 1. The van der Waals surface area contributed by atoms with E-state index in [4.69, 9.17) is 4.74 Å². The summed E-state index contributed by atoms with van der Waals surface area (Å²) in [5.74, 6) is 0.357. The predicted octanol–water partition coefficient (Wildman–Crippen LogP) is 4.30. The van der Waals surface area contributed by atoms with Crippen LogP contribution in [0.2, 0.25) is 0 Å². The van der Waals surface area contributed by atoms with Crippen LogP contribution < -0.4 is 5.32 Å². The number of anilines is 1. The minimum absolute atomic E-state index is 0.106. The van der Waals surface area contributed by atoms with E-state index in [1.54, 1.807) is 25.7 Å². The molecule has 0 aromatic carbocycles. The van der Waals surface area contributed by atoms with Crippen LogP contribution in [0.3, 0.4) is 0 Å². The molecule has 0 spiro atoms. The number of halogens is 3. The second-order valence-electron chi connectivity index (χ2n) is 7.24. The number of carbonyl (C=O) groups is 1. The predicted molar refractivity (Wildman–Crippen MR) is 88.3 cm³/mol. The third-order valence-electron chi connectivity index (χ3n) is 4.04. The average molecular weight is 359 g/mol. The molecular formula is C17H24F3N3O2. The van der Waals surface area contributed by atoms with Gasteiger partial charge in [-0.15, -0.1) is 0 Å². The van der Waals surface area contributed by atoms with Crippen molar-refractivity contribution in [1.82, 2.24) is 9.88 Å². The summed E-state index contributed by atoms with van der Waals surface area (Å²) in [4.78, 5) is 17.8. The van der Waals surface area contributed by atoms with Crippen LogP contribution >= 0.6 is 0 Å². The number of aromatic nitrogens is 1. The van der Waals surface area contributed by atoms with E-state index in [9.17, 15) is 18.0 Å². The number of nitrogens with one attached hydrogen (secondary N) is 1. The number of piperidine rings is 1. The summed E-state index contributed by atoms with van der Waals surface area (Å²) in [5.41, 5.74) is -1.36. The van der Waals surface area contributed by atoms with Crippen LogP contribution in [0.4, 0.5) is 23.8 Å². The fraction of sp³-hybridized carbons (Fsp3) is 0.647. The number of likely N-dealkylation sites (tertiary alicyclic amines) is 1. The molecule has 1 amide bonds. The summed E-state index contributed by atoms with van der Waals surface area (Å²) in [5, 5.41) is 3.13. The standard InChI is InChI=1S/C17H24F3N3O2/c1-11-13(6-5-9-23(11)15(24)25-16(2,3)4)22-14-8-7-12(10-21-14)17(18,19)20/h7-8,10-11,13H,5-6,9H2,1-4H3,(H,21,22)/t11-,13+/m0/s1. The Kier molecular flexibility index (Phi) is 5.49. The topological polar surface area (TPSA) is 54.5 Å². The Morgan fingerprint density at radius 1 is 1.32 bits per heavy atom. The monoisotopic (exact) mass is 359 g/mol. The molecule has 0 unspecified atom stereocenters. The second-order valence-corrected chi connectivity index (χ2v) is 7.24. The van der Waals surface area contributed by atoms with Crippen LogP contribution in [-0.2, 0) is 10.9 Å². The van der Waals surface area contributed by atoms with Gasteiger partial charge in [-0.3, -0.25) is 0 Å². The first-order valence-electron chi connectivity index (χ1n) is 8.27. The highest BCUT2D eigenvalue weighted by Crippen LogP contribution is 2.29. The summed E-state index contributed by atoms with van der Waals surface area (Å²) in [6, 6.07) is 2.04. The molecule has 140 valence electrons. The molecule has 8 heteroatoms. The lowest BCUT2D eigenvalue weighted by molar-refractivity contribution is -0.137. The van der Waals surface area contributed by atoms with Crippen molar-refractivity contribution < 1.29 is 22.7 Å². The van der Waals surface area contributed by atoms with Crippen molar-refractivity contribution in [1.29, 1.82) is 0 Å². The first-order valence-corrected chi connectivity index (χ1v) is 8.27. The SMILES string of the molecule is C[C@H]1[C@H](Nc2ccc(C(F)(F)F)cn2)CCCN1C(=O)OC(C)(C)C. The Morgan fingerprint density at radius 3 is 2.52 bits per heavy atom. The van der Waals surface area contributed by atoms with Crippen molar-refractivity contribution in [2.75, 3.05) is 11.9 Å². The molecule has 1 N–H and O–H groups in total. The van der Waals surface area contributed by atoms with E-state index in [-0.39, 0.29) is 18.2 Å². The van der Waals surface area contributed by atoms with Crippen molar-refractivity contribution in [3.05, 3.63) is 23.9 Å². The molecule has 2 atom stereocenters. The Labute approximate surface area is 145 Å². The lowest BCUT2D eigenvalue weighted by Gasteiger charge is -2.40. The van der Waals surface area contributed by atoms with Crippen LogP contribution in [0, 0.1) is 0 Å². The quantitative estimate of drug-likeness (QED) is 0.855. The van der Waals surface area contributed by atoms with Gasteiger partial charge in [-0.2, -0.15) is 13.2 Å². The van der Waals surface area contributed by atoms with Gasteiger partial charge in [-0.1, -0.05) is 0 Å². The van der Waals surface area contributed by atoms with Gasteiger partial charge in [0.1, 0.15) is 11.4 Å². The molecule has 0 bridgehead atoms. The van der Waals surface area contributed by atoms with Crippen LogP contribution in [0.15, 0.2) is 18.3 Å². The number of ether oxygens (including phenoxy) is 1. The lowest BCUT2D eigenvalue weighted by atomic mass is 9.98. The number of carbonyl (C=O) groups excluding carboxylic acids is 1. The molecule has 0 radical (unpaired) electrons. The number of hydrogen-bond acceptors (Lipinski definition) is 4. The van der Waals surface area contributed by atoms with Crippen molar-refractivity contribution in [3.8, 4) is 0 Å². The summed E-state index contributed by atoms with van der Waals surface area (Å²) in [7, 11) is 0. The third-order valence-corrected chi connectivity index (χ3v) is 4.04. The highest BCUT2D eigenvalue weighted by molar-refractivity contribution is 5.69. The molecule has 1 aromatic heterocycles. The normalized spacial score (nSPS) is 21.8. The highest BCUT2D eigenvalue weighted by atomic mass is 19.4. The van der Waals surface area contributed by atoms with Crippen LogP contribution in [0.25, 0.3) is 0 Å². The zero-order valence-corrected chi connectivity index (χ0v) is 14.9. The van der Waals surface area contributed by atoms with Gasteiger partial charge in [0.2, 0.25) is 0 Å². The zero-order chi connectivity index (χ0) is 18.8. The van der Waals surface area contributed by atoms with Gasteiger partial charge in [-0.25, -0.2) is 9.78 Å². The number of nitrogens with zero attached hydrogens (tertiary/aromatic N) is 2. The van der Waals surface area contributed by atoms with Crippen molar-refractivity contribution in [3.63, 3.8) is 0 Å². The van der Waals surface area contributed by atoms with Gasteiger partial charge >= 0.3 is 12.3 Å². The summed E-state index contributed by atoms with van der Waals surface area (Å²) >= 11 is 0. The molecule has 1 aromatic rings. The van der Waals surface area contributed by atoms with Gasteiger partial charge in [0.25, 0.3) is 0 Å². The first kappa shape index (κ1) is 19.3. The molecular weight excluding hydrogens is 335 g/mol. The van der Waals surface area contributed by atoms with E-state index >= 15 is 0 Å². The Bertz CT molecular complexity index is 597. The van der Waals surface area contributed by atoms with E-state index in [0.29, 0.717) is 12.4 Å². The molecule has 25 heavy (non-hydrogen) atoms. The van der Waals surface area contributed by atoms with Gasteiger partial charge in [0, 0.05) is 18.8 Å². The maximum atomic E-state index is 12.6. The largest absolute Gasteiger partial charge is 0.444 e. The fourth-order valence-corrected chi connectivity index (χ4v) is 2.75. The van der Waals surface area contributed by atoms with Gasteiger partial charge in [0.05, 0.1) is 11.6 Å². The van der Waals surface area contributed by atoms with Gasteiger partial charge in [-0.05, 0) is 52.7 Å². The maximum Gasteiger partial charge on any atom is 0.417 e. The van der Waals surface area contributed by atoms with E-state index in [0.717, 1.165) is 25.1 Å². The molecule has 2 heterocycles. The third kappa shape index (κ3) is 5.24. The molecule has 0 aliphatic carbocycles. The van der Waals surface area contributed by atoms with E-state index < -0.39 is 17.3 Å². The lowest BCUT2D eigenvalue weighted by Crippen LogP contribution is -2.53. The molecule has 5 nitrogen and oxygen atoms in total. The fourth-order valence-electron chi connectivity index (χ4n) is 2.75. The van der Waals surface area contributed by atoms with Crippen molar-refractivity contribution >= 4 is 11.9 Å². The van der Waals surface area contributed by atoms with Crippen LogP contribution in [-0.4, -0.2) is 40.2 Å². The second kappa shape index (κ2) is 7.09. The minimum atomic E-state index is -4.41. The number of amides is 1. The number of rotatable bonds is 2. The minimum Gasteiger partial charge on any atom is -0.444 e. The number of pyridine rings is 1. The molecule has 1 aliphatic rings.